The third-order valence-corrected chi connectivity index (χ3v) is 4.00. The third kappa shape index (κ3) is 3.70. The molecule has 1 saturated carbocycles. The summed E-state index contributed by atoms with van der Waals surface area (Å²) < 4.78 is 39.5. The molecule has 2 nitrogen and oxygen atoms in total. The van der Waals surface area contributed by atoms with E-state index in [0.717, 1.165) is 44.2 Å². The summed E-state index contributed by atoms with van der Waals surface area (Å²) in [6, 6.07) is 1.51. The van der Waals surface area contributed by atoms with Crippen molar-refractivity contribution >= 4 is 17.5 Å². The maximum Gasteiger partial charge on any atom is 0.254 e. The van der Waals surface area contributed by atoms with E-state index in [1.54, 1.807) is 4.90 Å². The van der Waals surface area contributed by atoms with Crippen LogP contribution in [-0.2, 0) is 0 Å². The van der Waals surface area contributed by atoms with Gasteiger partial charge in [-0.05, 0) is 25.0 Å². The molecule has 0 spiro atoms. The third-order valence-electron chi connectivity index (χ3n) is 3.83. The lowest BCUT2D eigenvalue weighted by Gasteiger charge is -2.34. The van der Waals surface area contributed by atoms with Gasteiger partial charge in [-0.3, -0.25) is 4.79 Å². The minimum absolute atomic E-state index is 0.0289. The lowest BCUT2D eigenvalue weighted by molar-refractivity contribution is 0.0648. The fraction of sp³-hybridized carbons (Fsp3) is 0.533. The standard InChI is InChI=1S/C15H17ClF3NO/c16-6-7-20(11-4-2-1-3-5-11)15(21)10-8-12(17)14(19)13(18)9-10/h8-9,11H,1-7H2. The van der Waals surface area contributed by atoms with E-state index in [1.165, 1.54) is 0 Å². The summed E-state index contributed by atoms with van der Waals surface area (Å²) in [5, 5.41) is 0. The average molecular weight is 320 g/mol. The smallest absolute Gasteiger partial charge is 0.254 e. The van der Waals surface area contributed by atoms with E-state index in [0.29, 0.717) is 6.54 Å². The highest BCUT2D eigenvalue weighted by Gasteiger charge is 2.27. The zero-order valence-corrected chi connectivity index (χ0v) is 12.3. The quantitative estimate of drug-likeness (QED) is 0.604. The molecular weight excluding hydrogens is 303 g/mol. The number of rotatable bonds is 4. The van der Waals surface area contributed by atoms with Crippen molar-refractivity contribution in [3.05, 3.63) is 35.1 Å². The van der Waals surface area contributed by atoms with Gasteiger partial charge in [-0.2, -0.15) is 0 Å². The molecule has 2 rings (SSSR count). The number of amides is 1. The predicted molar refractivity (Wildman–Crippen MR) is 74.9 cm³/mol. The van der Waals surface area contributed by atoms with Crippen molar-refractivity contribution in [3.63, 3.8) is 0 Å². The molecule has 0 heterocycles. The molecule has 1 aromatic carbocycles. The molecule has 0 radical (unpaired) electrons. The van der Waals surface area contributed by atoms with E-state index in [2.05, 4.69) is 0 Å². The fourth-order valence-corrected chi connectivity index (χ4v) is 2.96. The number of hydrogen-bond acceptors (Lipinski definition) is 1. The first kappa shape index (κ1) is 16.1. The zero-order chi connectivity index (χ0) is 15.4. The van der Waals surface area contributed by atoms with Crippen LogP contribution < -0.4 is 0 Å². The van der Waals surface area contributed by atoms with Crippen molar-refractivity contribution in [1.29, 1.82) is 0 Å². The first-order valence-corrected chi connectivity index (χ1v) is 7.59. The van der Waals surface area contributed by atoms with Crippen molar-refractivity contribution in [2.24, 2.45) is 0 Å². The number of carbonyl (C=O) groups excluding carboxylic acids is 1. The summed E-state index contributed by atoms with van der Waals surface area (Å²) in [5.41, 5.74) is -0.179. The topological polar surface area (TPSA) is 20.3 Å². The Morgan fingerprint density at radius 1 is 1.14 bits per heavy atom. The van der Waals surface area contributed by atoms with Gasteiger partial charge in [0, 0.05) is 24.0 Å². The van der Waals surface area contributed by atoms with E-state index in [-0.39, 0.29) is 17.5 Å². The van der Waals surface area contributed by atoms with Crippen LogP contribution in [0.2, 0.25) is 0 Å². The van der Waals surface area contributed by atoms with Crippen LogP contribution in [0.1, 0.15) is 42.5 Å². The molecule has 0 aromatic heterocycles. The monoisotopic (exact) mass is 319 g/mol. The zero-order valence-electron chi connectivity index (χ0n) is 11.5. The number of hydrogen-bond donors (Lipinski definition) is 0. The number of alkyl halides is 1. The van der Waals surface area contributed by atoms with Crippen molar-refractivity contribution in [2.75, 3.05) is 12.4 Å². The fourth-order valence-electron chi connectivity index (χ4n) is 2.78. The second kappa shape index (κ2) is 7.16. The molecule has 0 bridgehead atoms. The molecule has 1 aliphatic carbocycles. The van der Waals surface area contributed by atoms with E-state index >= 15 is 0 Å². The van der Waals surface area contributed by atoms with Crippen LogP contribution in [0.4, 0.5) is 13.2 Å². The van der Waals surface area contributed by atoms with Crippen LogP contribution >= 0.6 is 11.6 Å². The highest BCUT2D eigenvalue weighted by atomic mass is 35.5. The Morgan fingerprint density at radius 2 is 1.71 bits per heavy atom. The Hall–Kier alpha value is -1.23. The van der Waals surface area contributed by atoms with Crippen LogP contribution in [-0.4, -0.2) is 29.3 Å². The molecule has 0 saturated heterocycles. The molecule has 1 aliphatic rings. The number of halogens is 4. The van der Waals surface area contributed by atoms with E-state index in [1.807, 2.05) is 0 Å². The lowest BCUT2D eigenvalue weighted by atomic mass is 9.93. The van der Waals surface area contributed by atoms with Gasteiger partial charge < -0.3 is 4.90 Å². The highest BCUT2D eigenvalue weighted by molar-refractivity contribution is 6.18. The summed E-state index contributed by atoms with van der Waals surface area (Å²) in [4.78, 5) is 14.0. The normalized spacial score (nSPS) is 16.0. The Morgan fingerprint density at radius 3 is 2.24 bits per heavy atom. The van der Waals surface area contributed by atoms with Gasteiger partial charge in [-0.15, -0.1) is 11.6 Å². The van der Waals surface area contributed by atoms with Gasteiger partial charge >= 0.3 is 0 Å². The van der Waals surface area contributed by atoms with E-state index < -0.39 is 23.4 Å². The summed E-state index contributed by atoms with van der Waals surface area (Å²) in [6.45, 7) is 0.311. The van der Waals surface area contributed by atoms with Crippen LogP contribution in [0.15, 0.2) is 12.1 Å². The van der Waals surface area contributed by atoms with E-state index in [9.17, 15) is 18.0 Å². The minimum Gasteiger partial charge on any atom is -0.334 e. The summed E-state index contributed by atoms with van der Waals surface area (Å²) in [6.07, 6.45) is 4.87. The molecule has 1 amide bonds. The van der Waals surface area contributed by atoms with Crippen LogP contribution in [0.3, 0.4) is 0 Å². The van der Waals surface area contributed by atoms with Gasteiger partial charge in [-0.25, -0.2) is 13.2 Å². The SMILES string of the molecule is O=C(c1cc(F)c(F)c(F)c1)N(CCCl)C1CCCCC1. The molecule has 116 valence electrons. The molecule has 0 N–H and O–H groups in total. The molecule has 1 fully saturated rings. The second-order valence-electron chi connectivity index (χ2n) is 5.23. The van der Waals surface area contributed by atoms with Crippen molar-refractivity contribution in [1.82, 2.24) is 4.90 Å². The molecule has 21 heavy (non-hydrogen) atoms. The molecule has 0 unspecified atom stereocenters. The summed E-state index contributed by atoms with van der Waals surface area (Å²) >= 11 is 5.73. The average Bonchev–Trinajstić information content (AvgIpc) is 2.50. The van der Waals surface area contributed by atoms with Gasteiger partial charge in [-0.1, -0.05) is 19.3 Å². The van der Waals surface area contributed by atoms with Gasteiger partial charge in [0.15, 0.2) is 17.5 Å². The van der Waals surface area contributed by atoms with Crippen molar-refractivity contribution < 1.29 is 18.0 Å². The minimum atomic E-state index is -1.56. The van der Waals surface area contributed by atoms with Crippen LogP contribution in [0, 0.1) is 17.5 Å². The Labute approximate surface area is 126 Å². The molecule has 0 atom stereocenters. The van der Waals surface area contributed by atoms with Gasteiger partial charge in [0.2, 0.25) is 0 Å². The Balaban J connectivity index is 2.25. The van der Waals surface area contributed by atoms with Gasteiger partial charge in [0.05, 0.1) is 0 Å². The molecule has 0 aliphatic heterocycles. The first-order valence-electron chi connectivity index (χ1n) is 7.06. The van der Waals surface area contributed by atoms with Gasteiger partial charge in [0.25, 0.3) is 5.91 Å². The maximum atomic E-state index is 13.3. The number of nitrogens with zero attached hydrogens (tertiary/aromatic N) is 1. The first-order chi connectivity index (χ1) is 10.0. The van der Waals surface area contributed by atoms with Crippen molar-refractivity contribution in [2.45, 2.75) is 38.1 Å². The predicted octanol–water partition coefficient (Wildman–Crippen LogP) is 4.12. The van der Waals surface area contributed by atoms with Gasteiger partial charge in [0.1, 0.15) is 0 Å². The summed E-state index contributed by atoms with van der Waals surface area (Å²) in [7, 11) is 0. The Kier molecular flexibility index (Phi) is 5.51. The van der Waals surface area contributed by atoms with Crippen LogP contribution in [0.25, 0.3) is 0 Å². The molecule has 6 heteroatoms. The molecular formula is C15H17ClF3NO. The maximum absolute atomic E-state index is 13.3. The number of benzene rings is 1. The Bertz CT molecular complexity index is 495. The van der Waals surface area contributed by atoms with Crippen LogP contribution in [0.5, 0.6) is 0 Å². The molecule has 1 aromatic rings. The van der Waals surface area contributed by atoms with Crippen molar-refractivity contribution in [3.8, 4) is 0 Å². The highest BCUT2D eigenvalue weighted by Crippen LogP contribution is 2.25. The lowest BCUT2D eigenvalue weighted by Crippen LogP contribution is -2.42. The van der Waals surface area contributed by atoms with E-state index in [4.69, 9.17) is 11.6 Å². The largest absolute Gasteiger partial charge is 0.334 e. The second-order valence-corrected chi connectivity index (χ2v) is 5.61. The summed E-state index contributed by atoms with van der Waals surface area (Å²) in [5.74, 6) is -4.52. The number of carbonyl (C=O) groups is 1.